The lowest BCUT2D eigenvalue weighted by Crippen LogP contribution is -2.04. The topological polar surface area (TPSA) is 17.1 Å². The molecule has 0 spiro atoms. The average molecular weight is 126 g/mol. The lowest BCUT2D eigenvalue weighted by Gasteiger charge is -2.02. The van der Waals surface area contributed by atoms with Crippen LogP contribution in [0.2, 0.25) is 0 Å². The van der Waals surface area contributed by atoms with Gasteiger partial charge < -0.3 is 0 Å². The molecule has 0 aliphatic heterocycles. The van der Waals surface area contributed by atoms with Gasteiger partial charge >= 0.3 is 0 Å². The van der Waals surface area contributed by atoms with E-state index in [0.29, 0.717) is 11.7 Å². The predicted octanol–water partition coefficient (Wildman–Crippen LogP) is 2.16. The predicted molar refractivity (Wildman–Crippen MR) is 37.3 cm³/mol. The summed E-state index contributed by atoms with van der Waals surface area (Å²) in [5.74, 6) is 0.951. The van der Waals surface area contributed by atoms with Crippen LogP contribution in [0.3, 0.4) is 0 Å². The van der Waals surface area contributed by atoms with Gasteiger partial charge in [-0.25, -0.2) is 0 Å². The number of hydrogen-bond acceptors (Lipinski definition) is 1. The molecule has 0 aromatic rings. The first-order valence-corrected chi connectivity index (χ1v) is 3.87. The summed E-state index contributed by atoms with van der Waals surface area (Å²) in [6.07, 6.45) is 5.44. The molecule has 0 aromatic heterocycles. The van der Waals surface area contributed by atoms with E-state index >= 15 is 0 Å². The molecule has 0 bridgehead atoms. The summed E-state index contributed by atoms with van der Waals surface area (Å²) < 4.78 is 0. The molecule has 52 valence electrons. The Morgan fingerprint density at radius 3 is 2.89 bits per heavy atom. The fraction of sp³-hybridized carbons (Fsp3) is 0.875. The molecule has 1 atom stereocenters. The standard InChI is InChI=1S/C8H14O/c1-2-4-7-5-3-6-8(7)9/h7H,2-6H2,1H3/t7-/m0/s1. The molecule has 9 heavy (non-hydrogen) atoms. The van der Waals surface area contributed by atoms with Gasteiger partial charge in [-0.1, -0.05) is 13.3 Å². The SMILES string of the molecule is CCC[C@H]1CCCC1=O. The van der Waals surface area contributed by atoms with E-state index in [4.69, 9.17) is 0 Å². The van der Waals surface area contributed by atoms with Crippen molar-refractivity contribution in [2.75, 3.05) is 0 Å². The molecule has 1 rings (SSSR count). The quantitative estimate of drug-likeness (QED) is 0.554. The Morgan fingerprint density at radius 2 is 2.44 bits per heavy atom. The molecule has 0 N–H and O–H groups in total. The third kappa shape index (κ3) is 1.54. The van der Waals surface area contributed by atoms with E-state index < -0.39 is 0 Å². The molecular weight excluding hydrogens is 112 g/mol. The average Bonchev–Trinajstić information content (AvgIpc) is 2.18. The molecule has 1 aliphatic rings. The Bertz CT molecular complexity index is 107. The molecule has 1 saturated carbocycles. The molecule has 0 heterocycles. The summed E-state index contributed by atoms with van der Waals surface area (Å²) in [4.78, 5) is 11.0. The van der Waals surface area contributed by atoms with Gasteiger partial charge in [0, 0.05) is 12.3 Å². The first-order valence-electron chi connectivity index (χ1n) is 3.87. The molecule has 0 unspecified atom stereocenters. The van der Waals surface area contributed by atoms with Crippen molar-refractivity contribution in [2.24, 2.45) is 5.92 Å². The van der Waals surface area contributed by atoms with Gasteiger partial charge in [-0.15, -0.1) is 0 Å². The second-order valence-corrected chi connectivity index (χ2v) is 2.84. The second kappa shape index (κ2) is 3.00. The van der Waals surface area contributed by atoms with E-state index in [0.717, 1.165) is 32.1 Å². The number of Topliss-reactive ketones (excluding diaryl/α,β-unsaturated/α-hetero) is 1. The zero-order valence-electron chi connectivity index (χ0n) is 6.02. The van der Waals surface area contributed by atoms with Gasteiger partial charge in [0.25, 0.3) is 0 Å². The van der Waals surface area contributed by atoms with Gasteiger partial charge in [-0.3, -0.25) is 4.79 Å². The second-order valence-electron chi connectivity index (χ2n) is 2.84. The van der Waals surface area contributed by atoms with E-state index in [9.17, 15) is 4.79 Å². The monoisotopic (exact) mass is 126 g/mol. The van der Waals surface area contributed by atoms with Crippen LogP contribution in [0, 0.1) is 5.92 Å². The summed E-state index contributed by atoms with van der Waals surface area (Å²) in [7, 11) is 0. The van der Waals surface area contributed by atoms with Gasteiger partial charge in [0.15, 0.2) is 0 Å². The minimum absolute atomic E-state index is 0.440. The third-order valence-corrected chi connectivity index (χ3v) is 2.07. The molecule has 1 aliphatic carbocycles. The van der Waals surface area contributed by atoms with Crippen LogP contribution in [0.1, 0.15) is 39.0 Å². The Kier molecular flexibility index (Phi) is 2.26. The summed E-state index contributed by atoms with van der Waals surface area (Å²) in [5, 5.41) is 0. The van der Waals surface area contributed by atoms with E-state index in [-0.39, 0.29) is 0 Å². The Hall–Kier alpha value is -0.330. The van der Waals surface area contributed by atoms with Gasteiger partial charge in [0.05, 0.1) is 0 Å². The Balaban J connectivity index is 2.31. The van der Waals surface area contributed by atoms with Crippen LogP contribution in [0.25, 0.3) is 0 Å². The molecule has 0 amide bonds. The highest BCUT2D eigenvalue weighted by Gasteiger charge is 2.22. The summed E-state index contributed by atoms with van der Waals surface area (Å²) >= 11 is 0. The molecule has 1 nitrogen and oxygen atoms in total. The minimum Gasteiger partial charge on any atom is -0.299 e. The van der Waals surface area contributed by atoms with E-state index in [1.54, 1.807) is 0 Å². The van der Waals surface area contributed by atoms with E-state index in [2.05, 4.69) is 6.92 Å². The van der Waals surface area contributed by atoms with Crippen molar-refractivity contribution in [3.63, 3.8) is 0 Å². The Labute approximate surface area is 56.4 Å². The zero-order valence-corrected chi connectivity index (χ0v) is 6.02. The maximum Gasteiger partial charge on any atom is 0.135 e. The maximum atomic E-state index is 11.0. The van der Waals surface area contributed by atoms with Crippen LogP contribution in [0.15, 0.2) is 0 Å². The van der Waals surface area contributed by atoms with Crippen LogP contribution in [-0.2, 0) is 4.79 Å². The lowest BCUT2D eigenvalue weighted by atomic mass is 10.0. The van der Waals surface area contributed by atoms with Crippen LogP contribution in [0.5, 0.6) is 0 Å². The van der Waals surface area contributed by atoms with Crippen molar-refractivity contribution >= 4 is 5.78 Å². The van der Waals surface area contributed by atoms with Gasteiger partial charge in [-0.05, 0) is 19.3 Å². The fourth-order valence-corrected chi connectivity index (χ4v) is 1.54. The summed E-state index contributed by atoms with van der Waals surface area (Å²) in [6.45, 7) is 2.14. The highest BCUT2D eigenvalue weighted by Crippen LogP contribution is 2.24. The van der Waals surface area contributed by atoms with E-state index in [1.807, 2.05) is 0 Å². The van der Waals surface area contributed by atoms with Crippen molar-refractivity contribution in [3.05, 3.63) is 0 Å². The van der Waals surface area contributed by atoms with Crippen molar-refractivity contribution in [3.8, 4) is 0 Å². The number of ketones is 1. The molecule has 0 radical (unpaired) electrons. The molecule has 0 aromatic carbocycles. The number of rotatable bonds is 2. The highest BCUT2D eigenvalue weighted by atomic mass is 16.1. The molecular formula is C8H14O. The van der Waals surface area contributed by atoms with Gasteiger partial charge in [0.1, 0.15) is 5.78 Å². The number of carbonyl (C=O) groups is 1. The smallest absolute Gasteiger partial charge is 0.135 e. The van der Waals surface area contributed by atoms with Crippen LogP contribution in [-0.4, -0.2) is 5.78 Å². The molecule has 0 saturated heterocycles. The number of carbonyl (C=O) groups excluding carboxylic acids is 1. The Morgan fingerprint density at radius 1 is 1.67 bits per heavy atom. The minimum atomic E-state index is 0.440. The van der Waals surface area contributed by atoms with Crippen molar-refractivity contribution in [1.82, 2.24) is 0 Å². The van der Waals surface area contributed by atoms with Crippen LogP contribution >= 0.6 is 0 Å². The lowest BCUT2D eigenvalue weighted by molar-refractivity contribution is -0.120. The van der Waals surface area contributed by atoms with Crippen molar-refractivity contribution < 1.29 is 4.79 Å². The largest absolute Gasteiger partial charge is 0.299 e. The maximum absolute atomic E-state index is 11.0. The van der Waals surface area contributed by atoms with E-state index in [1.165, 1.54) is 0 Å². The third-order valence-electron chi connectivity index (χ3n) is 2.07. The van der Waals surface area contributed by atoms with Crippen LogP contribution < -0.4 is 0 Å². The highest BCUT2D eigenvalue weighted by molar-refractivity contribution is 5.82. The van der Waals surface area contributed by atoms with Crippen molar-refractivity contribution in [2.45, 2.75) is 39.0 Å². The normalized spacial score (nSPS) is 27.2. The zero-order chi connectivity index (χ0) is 6.69. The van der Waals surface area contributed by atoms with Gasteiger partial charge in [-0.2, -0.15) is 0 Å². The first kappa shape index (κ1) is 6.79. The van der Waals surface area contributed by atoms with Gasteiger partial charge in [0.2, 0.25) is 0 Å². The summed E-state index contributed by atoms with van der Waals surface area (Å²) in [6, 6.07) is 0. The van der Waals surface area contributed by atoms with Crippen molar-refractivity contribution in [1.29, 1.82) is 0 Å². The number of hydrogen-bond donors (Lipinski definition) is 0. The van der Waals surface area contributed by atoms with Crippen LogP contribution in [0.4, 0.5) is 0 Å². The fourth-order valence-electron chi connectivity index (χ4n) is 1.54. The molecule has 1 fully saturated rings. The molecule has 1 heteroatoms. The summed E-state index contributed by atoms with van der Waals surface area (Å²) in [5.41, 5.74) is 0. The first-order chi connectivity index (χ1) is 4.34.